The van der Waals surface area contributed by atoms with Gasteiger partial charge in [-0.15, -0.1) is 19.0 Å². The largest absolute Gasteiger partial charge is 0.376 e. The standard InChI is InChI=1S/C16H27N3O3.ClH/c1-2-3-4-8-19-9-7-17-14(16(19)21)11-15(20)18-12-13-6-5-10-22-13;/h2,13-14,17H,1,3-12H2,(H,18,20);1H. The minimum Gasteiger partial charge on any atom is -0.376 e. The van der Waals surface area contributed by atoms with Crippen LogP contribution in [-0.4, -0.2) is 61.6 Å². The predicted molar refractivity (Wildman–Crippen MR) is 91.7 cm³/mol. The van der Waals surface area contributed by atoms with Gasteiger partial charge in [0.1, 0.15) is 0 Å². The molecule has 2 fully saturated rings. The third kappa shape index (κ3) is 6.49. The van der Waals surface area contributed by atoms with Crippen molar-refractivity contribution in [1.29, 1.82) is 0 Å². The van der Waals surface area contributed by atoms with Gasteiger partial charge in [0.15, 0.2) is 0 Å². The summed E-state index contributed by atoms with van der Waals surface area (Å²) in [4.78, 5) is 26.2. The monoisotopic (exact) mass is 345 g/mol. The number of amides is 2. The Labute approximate surface area is 144 Å². The van der Waals surface area contributed by atoms with Crippen LogP contribution in [0, 0.1) is 0 Å². The predicted octanol–water partition coefficient (Wildman–Crippen LogP) is 0.860. The maximum atomic E-state index is 12.3. The van der Waals surface area contributed by atoms with Gasteiger partial charge < -0.3 is 20.3 Å². The van der Waals surface area contributed by atoms with Gasteiger partial charge in [0.25, 0.3) is 0 Å². The molecule has 0 aliphatic carbocycles. The number of hydrogen-bond donors (Lipinski definition) is 2. The van der Waals surface area contributed by atoms with Crippen molar-refractivity contribution in [2.75, 3.05) is 32.8 Å². The number of halogens is 1. The maximum absolute atomic E-state index is 12.3. The summed E-state index contributed by atoms with van der Waals surface area (Å²) >= 11 is 0. The minimum atomic E-state index is -0.401. The van der Waals surface area contributed by atoms with Gasteiger partial charge in [-0.1, -0.05) is 6.08 Å². The van der Waals surface area contributed by atoms with Crippen LogP contribution in [0.15, 0.2) is 12.7 Å². The molecule has 6 nitrogen and oxygen atoms in total. The zero-order valence-electron chi connectivity index (χ0n) is 13.6. The van der Waals surface area contributed by atoms with Crippen molar-refractivity contribution in [2.45, 2.75) is 44.2 Å². The molecular formula is C16H28ClN3O3. The van der Waals surface area contributed by atoms with E-state index in [0.717, 1.165) is 45.4 Å². The summed E-state index contributed by atoms with van der Waals surface area (Å²) in [5.74, 6) is -0.0585. The average Bonchev–Trinajstić information content (AvgIpc) is 3.02. The van der Waals surface area contributed by atoms with E-state index >= 15 is 0 Å². The molecule has 7 heteroatoms. The molecule has 2 aliphatic rings. The number of carbonyl (C=O) groups excluding carboxylic acids is 2. The van der Waals surface area contributed by atoms with Crippen LogP contribution in [0.3, 0.4) is 0 Å². The molecule has 0 aromatic carbocycles. The first kappa shape index (κ1) is 19.9. The first-order valence-electron chi connectivity index (χ1n) is 8.22. The number of allylic oxidation sites excluding steroid dienone is 1. The smallest absolute Gasteiger partial charge is 0.240 e. The molecule has 2 saturated heterocycles. The highest BCUT2D eigenvalue weighted by molar-refractivity contribution is 5.88. The van der Waals surface area contributed by atoms with Gasteiger partial charge in [0.05, 0.1) is 18.6 Å². The van der Waals surface area contributed by atoms with Crippen LogP contribution in [0.4, 0.5) is 0 Å². The Kier molecular flexibility index (Phi) is 9.21. The SMILES string of the molecule is C=CCCCN1CCNC(CC(=O)NCC2CCCO2)C1=O.Cl. The maximum Gasteiger partial charge on any atom is 0.240 e. The molecule has 2 rings (SSSR count). The zero-order valence-corrected chi connectivity index (χ0v) is 14.4. The Bertz CT molecular complexity index is 400. The molecule has 0 spiro atoms. The fourth-order valence-corrected chi connectivity index (χ4v) is 2.89. The third-order valence-electron chi connectivity index (χ3n) is 4.16. The van der Waals surface area contributed by atoms with Gasteiger partial charge in [-0.25, -0.2) is 0 Å². The summed E-state index contributed by atoms with van der Waals surface area (Å²) in [6.45, 7) is 7.20. The molecule has 2 aliphatic heterocycles. The number of carbonyl (C=O) groups is 2. The Morgan fingerprint density at radius 3 is 3.04 bits per heavy atom. The van der Waals surface area contributed by atoms with E-state index in [-0.39, 0.29) is 36.7 Å². The third-order valence-corrected chi connectivity index (χ3v) is 4.16. The number of ether oxygens (including phenoxy) is 1. The lowest BCUT2D eigenvalue weighted by Crippen LogP contribution is -2.56. The summed E-state index contributed by atoms with van der Waals surface area (Å²) in [7, 11) is 0. The van der Waals surface area contributed by atoms with E-state index in [4.69, 9.17) is 4.74 Å². The number of hydrogen-bond acceptors (Lipinski definition) is 4. The van der Waals surface area contributed by atoms with Crippen LogP contribution < -0.4 is 10.6 Å². The Hall–Kier alpha value is -1.11. The summed E-state index contributed by atoms with van der Waals surface area (Å²) in [6.07, 6.45) is 6.08. The second-order valence-corrected chi connectivity index (χ2v) is 5.91. The molecule has 0 saturated carbocycles. The Morgan fingerprint density at radius 1 is 1.52 bits per heavy atom. The molecule has 2 amide bonds. The number of piperazine rings is 1. The fraction of sp³-hybridized carbons (Fsp3) is 0.750. The first-order chi connectivity index (χ1) is 10.7. The topological polar surface area (TPSA) is 70.7 Å². The van der Waals surface area contributed by atoms with E-state index in [1.807, 2.05) is 11.0 Å². The van der Waals surface area contributed by atoms with Gasteiger partial charge >= 0.3 is 0 Å². The molecule has 0 radical (unpaired) electrons. The van der Waals surface area contributed by atoms with Crippen LogP contribution >= 0.6 is 12.4 Å². The molecule has 0 aromatic rings. The summed E-state index contributed by atoms with van der Waals surface area (Å²) < 4.78 is 5.47. The fourth-order valence-electron chi connectivity index (χ4n) is 2.89. The quantitative estimate of drug-likeness (QED) is 0.505. The Morgan fingerprint density at radius 2 is 2.35 bits per heavy atom. The van der Waals surface area contributed by atoms with E-state index in [1.54, 1.807) is 0 Å². The summed E-state index contributed by atoms with van der Waals surface area (Å²) in [5.41, 5.74) is 0. The van der Waals surface area contributed by atoms with Crippen molar-refractivity contribution in [2.24, 2.45) is 0 Å². The highest BCUT2D eigenvalue weighted by atomic mass is 35.5. The second-order valence-electron chi connectivity index (χ2n) is 5.91. The molecule has 2 atom stereocenters. The molecule has 0 aromatic heterocycles. The molecule has 23 heavy (non-hydrogen) atoms. The lowest BCUT2D eigenvalue weighted by atomic mass is 10.1. The van der Waals surface area contributed by atoms with E-state index in [9.17, 15) is 9.59 Å². The highest BCUT2D eigenvalue weighted by Crippen LogP contribution is 2.11. The molecular weight excluding hydrogens is 318 g/mol. The van der Waals surface area contributed by atoms with Gasteiger partial charge in [0, 0.05) is 32.8 Å². The van der Waals surface area contributed by atoms with Crippen LogP contribution in [0.1, 0.15) is 32.1 Å². The minimum absolute atomic E-state index is 0. The molecule has 132 valence electrons. The van der Waals surface area contributed by atoms with Crippen LogP contribution in [0.2, 0.25) is 0 Å². The first-order valence-corrected chi connectivity index (χ1v) is 8.22. The van der Waals surface area contributed by atoms with Crippen LogP contribution in [0.25, 0.3) is 0 Å². The number of nitrogens with one attached hydrogen (secondary N) is 2. The van der Waals surface area contributed by atoms with Crippen molar-refractivity contribution in [1.82, 2.24) is 15.5 Å². The van der Waals surface area contributed by atoms with Gasteiger partial charge in [-0.3, -0.25) is 9.59 Å². The second kappa shape index (κ2) is 10.6. The number of nitrogens with zero attached hydrogens (tertiary/aromatic N) is 1. The Balaban J connectivity index is 0.00000264. The van der Waals surface area contributed by atoms with E-state index in [1.165, 1.54) is 0 Å². The lowest BCUT2D eigenvalue weighted by molar-refractivity contribution is -0.138. The van der Waals surface area contributed by atoms with Crippen LogP contribution in [0.5, 0.6) is 0 Å². The molecule has 2 unspecified atom stereocenters. The van der Waals surface area contributed by atoms with E-state index in [2.05, 4.69) is 17.2 Å². The average molecular weight is 346 g/mol. The molecule has 2 N–H and O–H groups in total. The summed E-state index contributed by atoms with van der Waals surface area (Å²) in [5, 5.41) is 6.02. The van der Waals surface area contributed by atoms with Crippen molar-refractivity contribution >= 4 is 24.2 Å². The van der Waals surface area contributed by atoms with Gasteiger partial charge in [0.2, 0.25) is 11.8 Å². The van der Waals surface area contributed by atoms with Crippen molar-refractivity contribution in [3.05, 3.63) is 12.7 Å². The van der Waals surface area contributed by atoms with E-state index < -0.39 is 6.04 Å². The number of rotatable bonds is 8. The van der Waals surface area contributed by atoms with Crippen molar-refractivity contribution in [3.8, 4) is 0 Å². The lowest BCUT2D eigenvalue weighted by Gasteiger charge is -2.33. The van der Waals surface area contributed by atoms with E-state index in [0.29, 0.717) is 13.1 Å². The van der Waals surface area contributed by atoms with Crippen molar-refractivity contribution < 1.29 is 14.3 Å². The highest BCUT2D eigenvalue weighted by Gasteiger charge is 2.29. The van der Waals surface area contributed by atoms with Gasteiger partial charge in [-0.2, -0.15) is 0 Å². The van der Waals surface area contributed by atoms with Crippen molar-refractivity contribution in [3.63, 3.8) is 0 Å². The molecule has 0 bridgehead atoms. The van der Waals surface area contributed by atoms with Crippen LogP contribution in [-0.2, 0) is 14.3 Å². The summed E-state index contributed by atoms with van der Waals surface area (Å²) in [6, 6.07) is -0.401. The molecule has 2 heterocycles. The zero-order chi connectivity index (χ0) is 15.8. The van der Waals surface area contributed by atoms with Gasteiger partial charge in [-0.05, 0) is 25.7 Å². The normalized spacial score (nSPS) is 24.2. The number of unbranched alkanes of at least 4 members (excludes halogenated alkanes) is 1.